The van der Waals surface area contributed by atoms with Crippen LogP contribution >= 0.6 is 0 Å². The van der Waals surface area contributed by atoms with E-state index >= 15 is 0 Å². The molecule has 0 heterocycles. The van der Waals surface area contributed by atoms with E-state index < -0.39 is 0 Å². The molecule has 3 heteroatoms. The van der Waals surface area contributed by atoms with Gasteiger partial charge < -0.3 is 4.74 Å². The highest BCUT2D eigenvalue weighted by Gasteiger charge is 2.06. The van der Waals surface area contributed by atoms with Gasteiger partial charge in [0.05, 0.1) is 6.61 Å². The lowest BCUT2D eigenvalue weighted by Crippen LogP contribution is -2.11. The minimum atomic E-state index is -0.162. The zero-order valence-corrected chi connectivity index (χ0v) is 13.7. The quantitative estimate of drug-likeness (QED) is 0.542. The van der Waals surface area contributed by atoms with E-state index in [9.17, 15) is 9.59 Å². The second-order valence-corrected chi connectivity index (χ2v) is 5.14. The molecule has 0 spiro atoms. The Morgan fingerprint density at radius 2 is 1.71 bits per heavy atom. The van der Waals surface area contributed by atoms with Crippen LogP contribution in [0.3, 0.4) is 0 Å². The molecule has 0 bridgehead atoms. The van der Waals surface area contributed by atoms with Crippen LogP contribution < -0.4 is 0 Å². The first-order valence-electron chi connectivity index (χ1n) is 7.70. The number of Topliss-reactive ketones (excluding diaryl/α,β-unsaturated/α-hetero) is 1. The Kier molecular flexibility index (Phi) is 11.2. The lowest BCUT2D eigenvalue weighted by molar-refractivity contribution is -0.142. The van der Waals surface area contributed by atoms with Gasteiger partial charge in [-0.15, -0.1) is 0 Å². The molecule has 3 nitrogen and oxygen atoms in total. The summed E-state index contributed by atoms with van der Waals surface area (Å²) in [6.07, 6.45) is 4.74. The summed E-state index contributed by atoms with van der Waals surface area (Å²) >= 11 is 0. The van der Waals surface area contributed by atoms with Gasteiger partial charge in [-0.05, 0) is 19.3 Å². The van der Waals surface area contributed by atoms with Crippen LogP contribution in [0.2, 0.25) is 0 Å². The minimum Gasteiger partial charge on any atom is -0.466 e. The second-order valence-electron chi connectivity index (χ2n) is 5.14. The van der Waals surface area contributed by atoms with E-state index in [0.717, 1.165) is 12.0 Å². The first kappa shape index (κ1) is 19.4. The molecule has 1 aromatic rings. The third-order valence-corrected chi connectivity index (χ3v) is 3.25. The summed E-state index contributed by atoms with van der Waals surface area (Å²) < 4.78 is 4.95. The number of carbonyl (C=O) groups is 2. The van der Waals surface area contributed by atoms with E-state index in [0.29, 0.717) is 12.5 Å². The lowest BCUT2D eigenvalue weighted by Gasteiger charge is -2.13. The third-order valence-electron chi connectivity index (χ3n) is 3.25. The summed E-state index contributed by atoms with van der Waals surface area (Å²) in [6, 6.07) is 9.23. The van der Waals surface area contributed by atoms with E-state index in [4.69, 9.17) is 4.74 Å². The fourth-order valence-electron chi connectivity index (χ4n) is 1.81. The van der Waals surface area contributed by atoms with Crippen molar-refractivity contribution in [1.29, 1.82) is 0 Å². The van der Waals surface area contributed by atoms with E-state index in [-0.39, 0.29) is 11.8 Å². The molecule has 0 aromatic heterocycles. The number of rotatable bonds is 7. The molecule has 0 saturated carbocycles. The van der Waals surface area contributed by atoms with Crippen molar-refractivity contribution in [2.75, 3.05) is 6.61 Å². The average molecular weight is 292 g/mol. The highest BCUT2D eigenvalue weighted by Crippen LogP contribution is 2.12. The molecule has 0 aliphatic heterocycles. The number of ketones is 1. The molecule has 0 fully saturated rings. The number of carbonyl (C=O) groups excluding carboxylic acids is 2. The van der Waals surface area contributed by atoms with Crippen LogP contribution in [-0.2, 0) is 9.53 Å². The summed E-state index contributed by atoms with van der Waals surface area (Å²) in [4.78, 5) is 21.2. The number of hydrogen-bond donors (Lipinski definition) is 0. The van der Waals surface area contributed by atoms with E-state index in [1.807, 2.05) is 30.3 Å². The average Bonchev–Trinajstić information content (AvgIpc) is 2.49. The van der Waals surface area contributed by atoms with Crippen LogP contribution in [0.5, 0.6) is 0 Å². The van der Waals surface area contributed by atoms with Gasteiger partial charge in [0.15, 0.2) is 5.78 Å². The SMILES string of the molecule is CC(=O)c1ccccc1.CCCCC(CC)COC(C)=O. The lowest BCUT2D eigenvalue weighted by atomic mass is 10.0. The van der Waals surface area contributed by atoms with E-state index in [1.165, 1.54) is 26.2 Å². The maximum absolute atomic E-state index is 10.6. The summed E-state index contributed by atoms with van der Waals surface area (Å²) in [6.45, 7) is 7.95. The summed E-state index contributed by atoms with van der Waals surface area (Å²) in [5, 5.41) is 0. The van der Waals surface area contributed by atoms with Gasteiger partial charge in [0, 0.05) is 12.5 Å². The molecular weight excluding hydrogens is 264 g/mol. The minimum absolute atomic E-state index is 0.121. The zero-order chi connectivity index (χ0) is 16.1. The normalized spacial score (nSPS) is 11.0. The van der Waals surface area contributed by atoms with Gasteiger partial charge in [-0.1, -0.05) is 63.4 Å². The monoisotopic (exact) mass is 292 g/mol. The van der Waals surface area contributed by atoms with Crippen LogP contribution in [0.15, 0.2) is 30.3 Å². The Morgan fingerprint density at radius 1 is 1.10 bits per heavy atom. The van der Waals surface area contributed by atoms with Crippen molar-refractivity contribution in [1.82, 2.24) is 0 Å². The first-order valence-corrected chi connectivity index (χ1v) is 7.70. The fourth-order valence-corrected chi connectivity index (χ4v) is 1.81. The fraction of sp³-hybridized carbons (Fsp3) is 0.556. The Balaban J connectivity index is 0.000000394. The van der Waals surface area contributed by atoms with Crippen molar-refractivity contribution >= 4 is 11.8 Å². The number of benzene rings is 1. The van der Waals surface area contributed by atoms with Crippen molar-refractivity contribution < 1.29 is 14.3 Å². The van der Waals surface area contributed by atoms with Crippen molar-refractivity contribution in [3.05, 3.63) is 35.9 Å². The van der Waals surface area contributed by atoms with E-state index in [1.54, 1.807) is 6.92 Å². The van der Waals surface area contributed by atoms with Crippen LogP contribution in [0, 0.1) is 5.92 Å². The smallest absolute Gasteiger partial charge is 0.302 e. The predicted molar refractivity (Wildman–Crippen MR) is 86.4 cm³/mol. The Labute approximate surface area is 128 Å². The van der Waals surface area contributed by atoms with Crippen molar-refractivity contribution in [2.24, 2.45) is 5.92 Å². The molecule has 0 N–H and O–H groups in total. The van der Waals surface area contributed by atoms with Gasteiger partial charge in [-0.3, -0.25) is 9.59 Å². The van der Waals surface area contributed by atoms with Crippen LogP contribution in [0.25, 0.3) is 0 Å². The summed E-state index contributed by atoms with van der Waals surface area (Å²) in [7, 11) is 0. The van der Waals surface area contributed by atoms with Crippen molar-refractivity contribution in [3.63, 3.8) is 0 Å². The number of esters is 1. The molecular formula is C18H28O3. The molecule has 1 atom stereocenters. The molecule has 118 valence electrons. The Bertz CT molecular complexity index is 398. The van der Waals surface area contributed by atoms with Gasteiger partial charge in [-0.25, -0.2) is 0 Å². The Hall–Kier alpha value is -1.64. The second kappa shape index (κ2) is 12.1. The number of unbranched alkanes of at least 4 members (excludes halogenated alkanes) is 1. The van der Waals surface area contributed by atoms with Gasteiger partial charge in [0.25, 0.3) is 0 Å². The molecule has 0 saturated heterocycles. The molecule has 0 aliphatic rings. The topological polar surface area (TPSA) is 43.4 Å². The summed E-state index contributed by atoms with van der Waals surface area (Å²) in [5.74, 6) is 0.523. The van der Waals surface area contributed by atoms with Crippen molar-refractivity contribution in [2.45, 2.75) is 53.4 Å². The number of ether oxygens (including phenoxy) is 1. The molecule has 0 amide bonds. The van der Waals surface area contributed by atoms with Gasteiger partial charge in [-0.2, -0.15) is 0 Å². The zero-order valence-electron chi connectivity index (χ0n) is 13.7. The molecule has 0 radical (unpaired) electrons. The molecule has 21 heavy (non-hydrogen) atoms. The van der Waals surface area contributed by atoms with E-state index in [2.05, 4.69) is 13.8 Å². The summed E-state index contributed by atoms with van der Waals surface area (Å²) in [5.41, 5.74) is 0.775. The standard InChI is InChI=1S/C10H20O2.C8H8O/c1-4-6-7-10(5-2)8-12-9(3)11;1-7(9)8-5-3-2-4-6-8/h10H,4-8H2,1-3H3;2-6H,1H3. The number of hydrogen-bond acceptors (Lipinski definition) is 3. The van der Waals surface area contributed by atoms with Gasteiger partial charge in [0.2, 0.25) is 0 Å². The Morgan fingerprint density at radius 3 is 2.10 bits per heavy atom. The first-order chi connectivity index (χ1) is 10.0. The maximum Gasteiger partial charge on any atom is 0.302 e. The maximum atomic E-state index is 10.6. The van der Waals surface area contributed by atoms with Gasteiger partial charge >= 0.3 is 5.97 Å². The molecule has 1 unspecified atom stereocenters. The van der Waals surface area contributed by atoms with Gasteiger partial charge in [0.1, 0.15) is 0 Å². The largest absolute Gasteiger partial charge is 0.466 e. The highest BCUT2D eigenvalue weighted by atomic mass is 16.5. The highest BCUT2D eigenvalue weighted by molar-refractivity contribution is 5.93. The van der Waals surface area contributed by atoms with Crippen LogP contribution in [0.4, 0.5) is 0 Å². The molecule has 1 aromatic carbocycles. The molecule has 0 aliphatic carbocycles. The van der Waals surface area contributed by atoms with Crippen LogP contribution in [-0.4, -0.2) is 18.4 Å². The van der Waals surface area contributed by atoms with Crippen LogP contribution in [0.1, 0.15) is 63.7 Å². The van der Waals surface area contributed by atoms with Crippen molar-refractivity contribution in [3.8, 4) is 0 Å². The molecule has 1 rings (SSSR count). The predicted octanol–water partition coefficient (Wildman–Crippen LogP) is 4.66. The third kappa shape index (κ3) is 10.8.